The molecule has 1 aliphatic rings. The lowest BCUT2D eigenvalue weighted by atomic mass is 10.1. The number of non-ortho nitro benzene ring substituents is 1. The monoisotopic (exact) mass is 465 g/mol. The molecular formula is C22H19N5O5S. The van der Waals surface area contributed by atoms with Crippen LogP contribution in [0.2, 0.25) is 0 Å². The molecule has 0 spiro atoms. The highest BCUT2D eigenvalue weighted by molar-refractivity contribution is 7.99. The Balaban J connectivity index is 1.77. The van der Waals surface area contributed by atoms with Gasteiger partial charge >= 0.3 is 5.97 Å². The van der Waals surface area contributed by atoms with Gasteiger partial charge in [-0.1, -0.05) is 23.9 Å². The number of thioether (sulfide) groups is 1. The molecule has 33 heavy (non-hydrogen) atoms. The molecule has 0 aliphatic carbocycles. The maximum absolute atomic E-state index is 12.8. The normalized spacial score (nSPS) is 13.2. The Hall–Kier alpha value is -3.99. The predicted molar refractivity (Wildman–Crippen MR) is 123 cm³/mol. The summed E-state index contributed by atoms with van der Waals surface area (Å²) in [5, 5.41) is 24.8. The molecule has 10 nitrogen and oxygen atoms in total. The Morgan fingerprint density at radius 2 is 2.03 bits per heavy atom. The number of rotatable bonds is 7. The van der Waals surface area contributed by atoms with E-state index in [-0.39, 0.29) is 17.9 Å². The summed E-state index contributed by atoms with van der Waals surface area (Å²) in [4.78, 5) is 23.4. The van der Waals surface area contributed by atoms with Crippen molar-refractivity contribution < 1.29 is 19.2 Å². The van der Waals surface area contributed by atoms with Crippen LogP contribution in [0.3, 0.4) is 0 Å². The molecule has 11 heteroatoms. The van der Waals surface area contributed by atoms with Crippen LogP contribution in [-0.4, -0.2) is 50.9 Å². The summed E-state index contributed by atoms with van der Waals surface area (Å²) in [6.07, 6.45) is 1.55. The highest BCUT2D eigenvalue weighted by Crippen LogP contribution is 2.30. The topological polar surface area (TPSA) is 122 Å². The molecule has 0 N–H and O–H groups in total. The predicted octanol–water partition coefficient (Wildman–Crippen LogP) is 3.82. The van der Waals surface area contributed by atoms with E-state index >= 15 is 0 Å². The van der Waals surface area contributed by atoms with Crippen LogP contribution in [0.4, 0.5) is 5.69 Å². The lowest BCUT2D eigenvalue weighted by Crippen LogP contribution is -2.21. The first-order chi connectivity index (χ1) is 16.0. The molecule has 3 aromatic rings. The van der Waals surface area contributed by atoms with E-state index in [0.717, 1.165) is 5.56 Å². The zero-order chi connectivity index (χ0) is 23.4. The fourth-order valence-corrected chi connectivity index (χ4v) is 3.97. The van der Waals surface area contributed by atoms with E-state index in [9.17, 15) is 14.9 Å². The van der Waals surface area contributed by atoms with Crippen molar-refractivity contribution >= 4 is 35.2 Å². The fraction of sp³-hybridized carbons (Fsp3) is 0.182. The molecule has 2 aromatic carbocycles. The van der Waals surface area contributed by atoms with E-state index in [1.807, 2.05) is 24.3 Å². The number of nitrogens with zero attached hydrogens (tertiary/aromatic N) is 5. The average Bonchev–Trinajstić information content (AvgIpc) is 3.26. The second kappa shape index (κ2) is 9.65. The van der Waals surface area contributed by atoms with Crippen molar-refractivity contribution in [2.24, 2.45) is 5.10 Å². The van der Waals surface area contributed by atoms with Crippen molar-refractivity contribution in [2.75, 3.05) is 19.5 Å². The Bertz CT molecular complexity index is 1270. The van der Waals surface area contributed by atoms with Crippen molar-refractivity contribution in [1.82, 2.24) is 14.9 Å². The number of methoxy groups -OCH3 is 1. The summed E-state index contributed by atoms with van der Waals surface area (Å²) in [6.45, 7) is 1.89. The highest BCUT2D eigenvalue weighted by atomic mass is 32.2. The zero-order valence-electron chi connectivity index (χ0n) is 17.8. The number of hydrogen-bond acceptors (Lipinski definition) is 9. The van der Waals surface area contributed by atoms with Crippen LogP contribution in [0.5, 0.6) is 5.75 Å². The number of fused-ring (bicyclic) bond motifs is 1. The van der Waals surface area contributed by atoms with Gasteiger partial charge in [-0.2, -0.15) is 9.78 Å². The summed E-state index contributed by atoms with van der Waals surface area (Å²) in [6, 6.07) is 13.3. The number of carbonyl (C=O) groups excluding carboxylic acids is 1. The van der Waals surface area contributed by atoms with Crippen LogP contribution >= 0.6 is 11.8 Å². The first kappa shape index (κ1) is 22.2. The summed E-state index contributed by atoms with van der Waals surface area (Å²) < 4.78 is 12.0. The zero-order valence-corrected chi connectivity index (χ0v) is 18.6. The first-order valence-electron chi connectivity index (χ1n) is 9.94. The average molecular weight is 465 g/mol. The third-order valence-electron chi connectivity index (χ3n) is 4.72. The number of nitro groups is 1. The van der Waals surface area contributed by atoms with Crippen LogP contribution in [0.15, 0.2) is 64.4 Å². The highest BCUT2D eigenvalue weighted by Gasteiger charge is 2.26. The smallest absolute Gasteiger partial charge is 0.340 e. The second-order valence-corrected chi connectivity index (χ2v) is 7.75. The van der Waals surface area contributed by atoms with E-state index in [1.165, 1.54) is 23.9 Å². The minimum absolute atomic E-state index is 0.0743. The molecule has 2 heterocycles. The third kappa shape index (κ3) is 4.77. The molecule has 0 saturated carbocycles. The molecule has 0 atom stereocenters. The van der Waals surface area contributed by atoms with Gasteiger partial charge in [0.1, 0.15) is 5.75 Å². The Kier molecular flexibility index (Phi) is 6.50. The van der Waals surface area contributed by atoms with Crippen molar-refractivity contribution in [3.05, 3.63) is 69.8 Å². The SMILES string of the molecule is CCOC(=O)/C(=C\c1cccc([N+](=O)[O-])c1)C1=Nn2c(nnc2-c2ccc(OC)cc2)SC1. The number of benzene rings is 2. The van der Waals surface area contributed by atoms with Gasteiger partial charge in [-0.25, -0.2) is 4.79 Å². The van der Waals surface area contributed by atoms with Crippen molar-refractivity contribution in [2.45, 2.75) is 12.1 Å². The van der Waals surface area contributed by atoms with Crippen LogP contribution in [-0.2, 0) is 9.53 Å². The van der Waals surface area contributed by atoms with Gasteiger partial charge in [-0.05, 0) is 42.8 Å². The van der Waals surface area contributed by atoms with Crippen LogP contribution in [0.25, 0.3) is 17.5 Å². The van der Waals surface area contributed by atoms with E-state index in [2.05, 4.69) is 15.3 Å². The van der Waals surface area contributed by atoms with Gasteiger partial charge in [0.25, 0.3) is 5.69 Å². The maximum Gasteiger partial charge on any atom is 0.340 e. The maximum atomic E-state index is 12.8. The quantitative estimate of drug-likeness (QED) is 0.223. The van der Waals surface area contributed by atoms with Gasteiger partial charge in [0.2, 0.25) is 5.16 Å². The minimum atomic E-state index is -0.564. The van der Waals surface area contributed by atoms with Gasteiger partial charge in [0.05, 0.1) is 29.9 Å². The second-order valence-electron chi connectivity index (χ2n) is 6.81. The van der Waals surface area contributed by atoms with Gasteiger partial charge < -0.3 is 9.47 Å². The molecule has 0 unspecified atom stereocenters. The van der Waals surface area contributed by atoms with Gasteiger partial charge in [-0.15, -0.1) is 10.2 Å². The van der Waals surface area contributed by atoms with E-state index < -0.39 is 10.9 Å². The fourth-order valence-electron chi connectivity index (χ4n) is 3.14. The van der Waals surface area contributed by atoms with Gasteiger partial charge in [0.15, 0.2) is 5.82 Å². The van der Waals surface area contributed by atoms with E-state index in [0.29, 0.717) is 33.8 Å². The molecule has 0 saturated heterocycles. The van der Waals surface area contributed by atoms with Gasteiger partial charge in [-0.3, -0.25) is 10.1 Å². The molecule has 168 valence electrons. The lowest BCUT2D eigenvalue weighted by Gasteiger charge is -2.16. The molecule has 0 amide bonds. The van der Waals surface area contributed by atoms with Crippen LogP contribution < -0.4 is 4.74 Å². The van der Waals surface area contributed by atoms with Crippen molar-refractivity contribution in [3.63, 3.8) is 0 Å². The third-order valence-corrected chi connectivity index (χ3v) is 5.65. The molecule has 0 bridgehead atoms. The molecule has 0 radical (unpaired) electrons. The summed E-state index contributed by atoms with van der Waals surface area (Å²) in [5.41, 5.74) is 1.86. The van der Waals surface area contributed by atoms with Gasteiger partial charge in [0, 0.05) is 23.4 Å². The molecular weight excluding hydrogens is 446 g/mol. The number of aromatic nitrogens is 3. The van der Waals surface area contributed by atoms with E-state index in [1.54, 1.807) is 36.9 Å². The number of hydrogen-bond donors (Lipinski definition) is 0. The number of esters is 1. The van der Waals surface area contributed by atoms with Crippen molar-refractivity contribution in [1.29, 1.82) is 0 Å². The summed E-state index contributed by atoms with van der Waals surface area (Å²) in [7, 11) is 1.59. The molecule has 1 aromatic heterocycles. The number of carbonyl (C=O) groups is 1. The van der Waals surface area contributed by atoms with Crippen LogP contribution in [0, 0.1) is 10.1 Å². The Labute approximate surface area is 193 Å². The minimum Gasteiger partial charge on any atom is -0.497 e. The molecule has 4 rings (SSSR count). The van der Waals surface area contributed by atoms with Crippen molar-refractivity contribution in [3.8, 4) is 17.1 Å². The Morgan fingerprint density at radius 1 is 1.24 bits per heavy atom. The molecule has 0 fully saturated rings. The lowest BCUT2D eigenvalue weighted by molar-refractivity contribution is -0.384. The largest absolute Gasteiger partial charge is 0.497 e. The first-order valence-corrected chi connectivity index (χ1v) is 10.9. The number of ether oxygens (including phenoxy) is 2. The number of nitro benzene ring substituents is 1. The summed E-state index contributed by atoms with van der Waals surface area (Å²) in [5.74, 6) is 1.02. The molecule has 1 aliphatic heterocycles. The van der Waals surface area contributed by atoms with Crippen LogP contribution in [0.1, 0.15) is 12.5 Å². The standard InChI is InChI=1S/C22H19N5O5S/c1-3-32-21(28)18(12-14-5-4-6-16(11-14)27(29)30)19-13-33-22-24-23-20(26(22)25-19)15-7-9-17(31-2)10-8-15/h4-12H,3,13H2,1-2H3/b18-12-. The summed E-state index contributed by atoms with van der Waals surface area (Å²) >= 11 is 1.38. The van der Waals surface area contributed by atoms with E-state index in [4.69, 9.17) is 9.47 Å². The Morgan fingerprint density at radius 3 is 2.73 bits per heavy atom.